The molecule has 0 saturated heterocycles. The number of pyridine rings is 1. The summed E-state index contributed by atoms with van der Waals surface area (Å²) in [6.45, 7) is 0.0702. The fourth-order valence-electron chi connectivity index (χ4n) is 1.26. The Morgan fingerprint density at radius 1 is 1.22 bits per heavy atom. The number of hydrogen-bond acceptors (Lipinski definition) is 4. The third-order valence-electron chi connectivity index (χ3n) is 2.48. The second-order valence-corrected chi connectivity index (χ2v) is 4.30. The van der Waals surface area contributed by atoms with E-state index in [1.165, 1.54) is 16.0 Å². The zero-order valence-electron chi connectivity index (χ0n) is 10.9. The molecule has 0 aromatic carbocycles. The molecule has 6 nitrogen and oxygen atoms in total. The quantitative estimate of drug-likeness (QED) is 0.799. The molecule has 1 aromatic rings. The summed E-state index contributed by atoms with van der Waals surface area (Å²) in [6, 6.07) is 3.40. The van der Waals surface area contributed by atoms with Crippen LogP contribution in [0.5, 0.6) is 0 Å². The van der Waals surface area contributed by atoms with Gasteiger partial charge in [0.25, 0.3) is 0 Å². The highest BCUT2D eigenvalue weighted by Crippen LogP contribution is 2.03. The molecule has 0 aliphatic heterocycles. The maximum absolute atomic E-state index is 11.8. The fraction of sp³-hybridized carbons (Fsp3) is 0.417. The van der Waals surface area contributed by atoms with Gasteiger partial charge in [0.15, 0.2) is 0 Å². The van der Waals surface area contributed by atoms with Gasteiger partial charge < -0.3 is 15.5 Å². The summed E-state index contributed by atoms with van der Waals surface area (Å²) < 4.78 is 0. The van der Waals surface area contributed by atoms with Gasteiger partial charge in [-0.3, -0.25) is 14.6 Å². The molecule has 18 heavy (non-hydrogen) atoms. The molecule has 0 atom stereocenters. The van der Waals surface area contributed by atoms with Crippen molar-refractivity contribution in [2.24, 2.45) is 0 Å². The Morgan fingerprint density at radius 3 is 2.39 bits per heavy atom. The molecule has 1 heterocycles. The normalized spacial score (nSPS) is 9.94. The molecule has 2 amide bonds. The van der Waals surface area contributed by atoms with E-state index in [1.54, 1.807) is 33.3 Å². The minimum atomic E-state index is -0.150. The van der Waals surface area contributed by atoms with E-state index < -0.39 is 0 Å². The first-order valence-electron chi connectivity index (χ1n) is 5.54. The van der Waals surface area contributed by atoms with Crippen LogP contribution in [-0.4, -0.2) is 54.3 Å². The highest BCUT2D eigenvalue weighted by molar-refractivity contribution is 5.85. The van der Waals surface area contributed by atoms with Crippen LogP contribution >= 0.6 is 0 Å². The van der Waals surface area contributed by atoms with Crippen molar-refractivity contribution < 1.29 is 9.59 Å². The molecule has 1 aromatic heterocycles. The standard InChI is InChI=1S/C12H18N4O2/c1-15(2)12(18)8-16(3)11(17)6-10-5-4-9(13)7-14-10/h4-5,7H,6,8,13H2,1-3H3. The smallest absolute Gasteiger partial charge is 0.241 e. The molecule has 6 heteroatoms. The highest BCUT2D eigenvalue weighted by atomic mass is 16.2. The Morgan fingerprint density at radius 2 is 1.89 bits per heavy atom. The zero-order valence-corrected chi connectivity index (χ0v) is 10.9. The summed E-state index contributed by atoms with van der Waals surface area (Å²) in [5, 5.41) is 0. The summed E-state index contributed by atoms with van der Waals surface area (Å²) in [7, 11) is 4.91. The fourth-order valence-corrected chi connectivity index (χ4v) is 1.26. The lowest BCUT2D eigenvalue weighted by Crippen LogP contribution is -2.38. The molecule has 1 rings (SSSR count). The summed E-state index contributed by atoms with van der Waals surface area (Å²) in [5.41, 5.74) is 6.70. The molecule has 0 aliphatic rings. The summed E-state index contributed by atoms with van der Waals surface area (Å²) in [6.07, 6.45) is 1.67. The molecular formula is C12H18N4O2. The highest BCUT2D eigenvalue weighted by Gasteiger charge is 2.14. The number of nitrogens with zero attached hydrogens (tertiary/aromatic N) is 3. The Balaban J connectivity index is 2.54. The Hall–Kier alpha value is -2.11. The Kier molecular flexibility index (Phi) is 4.65. The average molecular weight is 250 g/mol. The van der Waals surface area contributed by atoms with E-state index in [0.29, 0.717) is 11.4 Å². The number of anilines is 1. The van der Waals surface area contributed by atoms with Crippen LogP contribution in [0.15, 0.2) is 18.3 Å². The molecule has 0 aliphatic carbocycles. The van der Waals surface area contributed by atoms with Crippen LogP contribution < -0.4 is 5.73 Å². The van der Waals surface area contributed by atoms with Gasteiger partial charge in [0.1, 0.15) is 0 Å². The van der Waals surface area contributed by atoms with Gasteiger partial charge in [-0.05, 0) is 12.1 Å². The number of likely N-dealkylation sites (N-methyl/N-ethyl adjacent to an activating group) is 2. The lowest BCUT2D eigenvalue weighted by atomic mass is 10.2. The molecule has 0 fully saturated rings. The lowest BCUT2D eigenvalue weighted by molar-refractivity contribution is -0.137. The van der Waals surface area contributed by atoms with Gasteiger partial charge in [0.05, 0.1) is 24.8 Å². The van der Waals surface area contributed by atoms with Gasteiger partial charge in [-0.25, -0.2) is 0 Å². The molecule has 98 valence electrons. The summed E-state index contributed by atoms with van der Waals surface area (Å²) >= 11 is 0. The Labute approximate surface area is 106 Å². The monoisotopic (exact) mass is 250 g/mol. The van der Waals surface area contributed by atoms with Crippen LogP contribution in [-0.2, 0) is 16.0 Å². The minimum Gasteiger partial charge on any atom is -0.397 e. The van der Waals surface area contributed by atoms with Crippen molar-refractivity contribution in [2.45, 2.75) is 6.42 Å². The van der Waals surface area contributed by atoms with Gasteiger partial charge in [-0.1, -0.05) is 0 Å². The van der Waals surface area contributed by atoms with Crippen molar-refractivity contribution in [3.63, 3.8) is 0 Å². The molecule has 0 saturated carbocycles. The molecule has 0 bridgehead atoms. The van der Waals surface area contributed by atoms with Gasteiger partial charge in [0.2, 0.25) is 11.8 Å². The number of carbonyl (C=O) groups is 2. The van der Waals surface area contributed by atoms with E-state index in [9.17, 15) is 9.59 Å². The van der Waals surface area contributed by atoms with E-state index >= 15 is 0 Å². The third-order valence-corrected chi connectivity index (χ3v) is 2.48. The molecule has 0 unspecified atom stereocenters. The second-order valence-electron chi connectivity index (χ2n) is 4.30. The van der Waals surface area contributed by atoms with E-state index in [-0.39, 0.29) is 24.8 Å². The second kappa shape index (κ2) is 6.00. The van der Waals surface area contributed by atoms with E-state index in [1.807, 2.05) is 0 Å². The van der Waals surface area contributed by atoms with Crippen molar-refractivity contribution in [1.82, 2.24) is 14.8 Å². The van der Waals surface area contributed by atoms with Gasteiger partial charge in [-0.15, -0.1) is 0 Å². The van der Waals surface area contributed by atoms with Crippen molar-refractivity contribution in [1.29, 1.82) is 0 Å². The Bertz CT molecular complexity index is 428. The minimum absolute atomic E-state index is 0.0702. The topological polar surface area (TPSA) is 79.5 Å². The van der Waals surface area contributed by atoms with E-state index in [2.05, 4.69) is 4.98 Å². The molecular weight excluding hydrogens is 232 g/mol. The molecule has 0 radical (unpaired) electrons. The molecule has 0 spiro atoms. The number of carbonyl (C=O) groups excluding carboxylic acids is 2. The predicted molar refractivity (Wildman–Crippen MR) is 68.7 cm³/mol. The van der Waals surface area contributed by atoms with Crippen molar-refractivity contribution in [3.8, 4) is 0 Å². The lowest BCUT2D eigenvalue weighted by Gasteiger charge is -2.19. The third kappa shape index (κ3) is 4.04. The first-order chi connectivity index (χ1) is 8.40. The van der Waals surface area contributed by atoms with Crippen LogP contribution in [0.4, 0.5) is 5.69 Å². The first kappa shape index (κ1) is 14.0. The maximum Gasteiger partial charge on any atom is 0.241 e. The van der Waals surface area contributed by atoms with E-state index in [4.69, 9.17) is 5.73 Å². The van der Waals surface area contributed by atoms with E-state index in [0.717, 1.165) is 0 Å². The van der Waals surface area contributed by atoms with Gasteiger partial charge in [-0.2, -0.15) is 0 Å². The summed E-state index contributed by atoms with van der Waals surface area (Å²) in [5.74, 6) is -0.265. The number of rotatable bonds is 4. The van der Waals surface area contributed by atoms with Gasteiger partial charge >= 0.3 is 0 Å². The van der Waals surface area contributed by atoms with Gasteiger partial charge in [0, 0.05) is 26.8 Å². The van der Waals surface area contributed by atoms with Crippen LogP contribution in [0.2, 0.25) is 0 Å². The molecule has 2 N–H and O–H groups in total. The number of aromatic nitrogens is 1. The number of amides is 2. The van der Waals surface area contributed by atoms with Crippen LogP contribution in [0.1, 0.15) is 5.69 Å². The number of hydrogen-bond donors (Lipinski definition) is 1. The average Bonchev–Trinajstić information content (AvgIpc) is 2.31. The number of nitrogen functional groups attached to an aromatic ring is 1. The largest absolute Gasteiger partial charge is 0.397 e. The van der Waals surface area contributed by atoms with Crippen LogP contribution in [0, 0.1) is 0 Å². The van der Waals surface area contributed by atoms with Crippen molar-refractivity contribution in [3.05, 3.63) is 24.0 Å². The maximum atomic E-state index is 11.8. The van der Waals surface area contributed by atoms with Crippen LogP contribution in [0.3, 0.4) is 0 Å². The predicted octanol–water partition coefficient (Wildman–Crippen LogP) is -0.247. The number of nitrogens with two attached hydrogens (primary N) is 1. The van der Waals surface area contributed by atoms with Crippen molar-refractivity contribution >= 4 is 17.5 Å². The van der Waals surface area contributed by atoms with Crippen LogP contribution in [0.25, 0.3) is 0 Å². The summed E-state index contributed by atoms with van der Waals surface area (Å²) in [4.78, 5) is 30.2. The van der Waals surface area contributed by atoms with Crippen molar-refractivity contribution in [2.75, 3.05) is 33.4 Å². The first-order valence-corrected chi connectivity index (χ1v) is 5.54. The zero-order chi connectivity index (χ0) is 13.7. The SMILES string of the molecule is CN(C)C(=O)CN(C)C(=O)Cc1ccc(N)cn1.